The van der Waals surface area contributed by atoms with Gasteiger partial charge in [0.05, 0.1) is 6.61 Å². The van der Waals surface area contributed by atoms with E-state index in [1.54, 1.807) is 19.2 Å². The molecule has 1 aromatic rings. The fourth-order valence-electron chi connectivity index (χ4n) is 2.49. The molecule has 23 heavy (non-hydrogen) atoms. The van der Waals surface area contributed by atoms with Crippen molar-refractivity contribution in [2.45, 2.75) is 25.7 Å². The highest BCUT2D eigenvalue weighted by Gasteiger charge is 2.12. The molecule has 1 fully saturated rings. The second-order valence-electron chi connectivity index (χ2n) is 5.26. The monoisotopic (exact) mass is 384 g/mol. The van der Waals surface area contributed by atoms with Crippen LogP contribution in [0.25, 0.3) is 0 Å². The van der Waals surface area contributed by atoms with E-state index in [0.29, 0.717) is 12.2 Å². The average molecular weight is 386 g/mol. The number of amides is 1. The molecule has 0 spiro atoms. The number of halogens is 3. The molecule has 0 bridgehead atoms. The number of carbonyl (C=O) groups is 1. The Balaban J connectivity index is 0. The molecule has 7 heteroatoms. The Kier molecular flexibility index (Phi) is 14.9. The number of hydrogen-bond acceptors (Lipinski definition) is 3. The summed E-state index contributed by atoms with van der Waals surface area (Å²) in [6, 6.07) is 9.22. The minimum absolute atomic E-state index is 0. The molecule has 1 aromatic carbocycles. The Morgan fingerprint density at radius 1 is 1.09 bits per heavy atom. The Morgan fingerprint density at radius 3 is 2.30 bits per heavy atom. The van der Waals surface area contributed by atoms with Crippen molar-refractivity contribution < 1.29 is 9.63 Å². The summed E-state index contributed by atoms with van der Waals surface area (Å²) in [5.74, 6) is -0.0939. The van der Waals surface area contributed by atoms with E-state index in [-0.39, 0.29) is 43.1 Å². The van der Waals surface area contributed by atoms with E-state index >= 15 is 0 Å². The lowest BCUT2D eigenvalue weighted by Gasteiger charge is -2.26. The van der Waals surface area contributed by atoms with Gasteiger partial charge in [0, 0.05) is 19.2 Å². The Bertz CT molecular complexity index is 415. The zero-order chi connectivity index (χ0) is 14.2. The molecule has 0 atom stereocenters. The first kappa shape index (κ1) is 24.7. The van der Waals surface area contributed by atoms with Gasteiger partial charge < -0.3 is 4.90 Å². The molecule has 1 aliphatic rings. The van der Waals surface area contributed by atoms with Crippen molar-refractivity contribution in [1.29, 1.82) is 0 Å². The summed E-state index contributed by atoms with van der Waals surface area (Å²) in [5, 5.41) is 1.34. The van der Waals surface area contributed by atoms with Crippen LogP contribution in [0.1, 0.15) is 36.0 Å². The maximum Gasteiger partial charge on any atom is 0.277 e. The number of piperidine rings is 1. The minimum Gasteiger partial charge on any atom is -0.303 e. The van der Waals surface area contributed by atoms with Gasteiger partial charge >= 0.3 is 0 Å². The van der Waals surface area contributed by atoms with Crippen LogP contribution in [-0.4, -0.2) is 49.2 Å². The van der Waals surface area contributed by atoms with Crippen LogP contribution in [0.4, 0.5) is 0 Å². The standard InChI is InChI=1S/C16H24N2O2.3ClH/c1-17(16(19)15-9-4-2-5-10-15)20-14-8-13-18-11-6-3-7-12-18;;;/h2,4-5,9-10H,3,6-8,11-14H2,1H3;3*1H. The van der Waals surface area contributed by atoms with Gasteiger partial charge in [-0.15, -0.1) is 37.2 Å². The van der Waals surface area contributed by atoms with Gasteiger partial charge in [-0.1, -0.05) is 24.6 Å². The minimum atomic E-state index is -0.0939. The summed E-state index contributed by atoms with van der Waals surface area (Å²) < 4.78 is 0. The van der Waals surface area contributed by atoms with Crippen molar-refractivity contribution >= 4 is 43.1 Å². The Hall–Kier alpha value is -0.520. The van der Waals surface area contributed by atoms with Gasteiger partial charge in [0.15, 0.2) is 0 Å². The van der Waals surface area contributed by atoms with Gasteiger partial charge in [-0.2, -0.15) is 0 Å². The summed E-state index contributed by atoms with van der Waals surface area (Å²) >= 11 is 0. The molecule has 0 unspecified atom stereocenters. The number of nitrogens with zero attached hydrogens (tertiary/aromatic N) is 2. The van der Waals surface area contributed by atoms with Crippen molar-refractivity contribution in [1.82, 2.24) is 9.96 Å². The molecule has 0 N–H and O–H groups in total. The first-order chi connectivity index (χ1) is 9.77. The van der Waals surface area contributed by atoms with Crippen molar-refractivity contribution in [2.75, 3.05) is 33.3 Å². The summed E-state index contributed by atoms with van der Waals surface area (Å²) in [6.45, 7) is 4.07. The molecule has 1 aliphatic heterocycles. The summed E-state index contributed by atoms with van der Waals surface area (Å²) in [7, 11) is 1.68. The lowest BCUT2D eigenvalue weighted by Crippen LogP contribution is -2.32. The highest BCUT2D eigenvalue weighted by atomic mass is 35.5. The third-order valence-electron chi connectivity index (χ3n) is 3.66. The zero-order valence-corrected chi connectivity index (χ0v) is 15.9. The molecule has 4 nitrogen and oxygen atoms in total. The molecule has 134 valence electrons. The predicted molar refractivity (Wildman–Crippen MR) is 101 cm³/mol. The van der Waals surface area contributed by atoms with Crippen LogP contribution in [0.2, 0.25) is 0 Å². The largest absolute Gasteiger partial charge is 0.303 e. The quantitative estimate of drug-likeness (QED) is 0.551. The Labute approximate surface area is 157 Å². The lowest BCUT2D eigenvalue weighted by atomic mass is 10.1. The lowest BCUT2D eigenvalue weighted by molar-refractivity contribution is -0.107. The molecule has 2 rings (SSSR count). The number of hydrogen-bond donors (Lipinski definition) is 0. The summed E-state index contributed by atoms with van der Waals surface area (Å²) in [4.78, 5) is 20.0. The smallest absolute Gasteiger partial charge is 0.277 e. The second-order valence-corrected chi connectivity index (χ2v) is 5.26. The number of carbonyl (C=O) groups excluding carboxylic acids is 1. The predicted octanol–water partition coefficient (Wildman–Crippen LogP) is 3.83. The molecule has 1 heterocycles. The molecule has 0 saturated carbocycles. The van der Waals surface area contributed by atoms with Crippen LogP contribution >= 0.6 is 37.2 Å². The van der Waals surface area contributed by atoms with Gasteiger partial charge in [-0.3, -0.25) is 9.63 Å². The third-order valence-corrected chi connectivity index (χ3v) is 3.66. The summed E-state index contributed by atoms with van der Waals surface area (Å²) in [5.41, 5.74) is 0.658. The normalized spacial score (nSPS) is 14.0. The van der Waals surface area contributed by atoms with Crippen molar-refractivity contribution in [3.63, 3.8) is 0 Å². The number of likely N-dealkylation sites (tertiary alicyclic amines) is 1. The third kappa shape index (κ3) is 8.77. The van der Waals surface area contributed by atoms with E-state index in [4.69, 9.17) is 4.84 Å². The average Bonchev–Trinajstić information content (AvgIpc) is 2.52. The first-order valence-electron chi connectivity index (χ1n) is 7.46. The maximum absolute atomic E-state index is 12.0. The summed E-state index contributed by atoms with van der Waals surface area (Å²) in [6.07, 6.45) is 4.95. The van der Waals surface area contributed by atoms with Crippen molar-refractivity contribution in [3.05, 3.63) is 35.9 Å². The molecular weight excluding hydrogens is 359 g/mol. The van der Waals surface area contributed by atoms with E-state index in [1.165, 1.54) is 37.4 Å². The van der Waals surface area contributed by atoms with Gasteiger partial charge in [0.1, 0.15) is 0 Å². The molecule has 0 aliphatic carbocycles. The maximum atomic E-state index is 12.0. The Morgan fingerprint density at radius 2 is 1.70 bits per heavy atom. The van der Waals surface area contributed by atoms with Gasteiger partial charge in [-0.25, -0.2) is 5.06 Å². The molecule has 0 radical (unpaired) electrons. The van der Waals surface area contributed by atoms with Crippen molar-refractivity contribution in [3.8, 4) is 0 Å². The fourth-order valence-corrected chi connectivity index (χ4v) is 2.49. The van der Waals surface area contributed by atoms with Crippen LogP contribution in [0.5, 0.6) is 0 Å². The molecule has 1 saturated heterocycles. The van der Waals surface area contributed by atoms with E-state index in [9.17, 15) is 4.79 Å². The molecule has 0 aromatic heterocycles. The fraction of sp³-hybridized carbons (Fsp3) is 0.562. The van der Waals surface area contributed by atoms with Gasteiger partial charge in [-0.05, 0) is 44.5 Å². The molecule has 1 amide bonds. The van der Waals surface area contributed by atoms with Crippen LogP contribution < -0.4 is 0 Å². The van der Waals surface area contributed by atoms with E-state index < -0.39 is 0 Å². The van der Waals surface area contributed by atoms with Gasteiger partial charge in [0.2, 0.25) is 0 Å². The highest BCUT2D eigenvalue weighted by Crippen LogP contribution is 2.09. The zero-order valence-electron chi connectivity index (χ0n) is 13.5. The number of hydroxylamine groups is 2. The van der Waals surface area contributed by atoms with Crippen LogP contribution in [-0.2, 0) is 4.84 Å². The van der Waals surface area contributed by atoms with E-state index in [0.717, 1.165) is 13.0 Å². The van der Waals surface area contributed by atoms with Crippen LogP contribution in [0, 0.1) is 0 Å². The van der Waals surface area contributed by atoms with E-state index in [1.807, 2.05) is 18.2 Å². The van der Waals surface area contributed by atoms with E-state index in [2.05, 4.69) is 4.90 Å². The van der Waals surface area contributed by atoms with Gasteiger partial charge in [0.25, 0.3) is 5.91 Å². The van der Waals surface area contributed by atoms with Crippen LogP contribution in [0.3, 0.4) is 0 Å². The van der Waals surface area contributed by atoms with Crippen LogP contribution in [0.15, 0.2) is 30.3 Å². The molecular formula is C16H27Cl3N2O2. The second kappa shape index (κ2) is 13.9. The number of benzene rings is 1. The van der Waals surface area contributed by atoms with Crippen molar-refractivity contribution in [2.24, 2.45) is 0 Å². The highest BCUT2D eigenvalue weighted by molar-refractivity contribution is 5.93. The first-order valence-corrected chi connectivity index (χ1v) is 7.46. The number of rotatable bonds is 6. The SMILES string of the molecule is CN(OCCCN1CCCCC1)C(=O)c1ccccc1.Cl.Cl.Cl. The topological polar surface area (TPSA) is 32.8 Å².